The van der Waals surface area contributed by atoms with Crippen LogP contribution in [0.1, 0.15) is 16.7 Å². The summed E-state index contributed by atoms with van der Waals surface area (Å²) in [4.78, 5) is 0. The summed E-state index contributed by atoms with van der Waals surface area (Å²) < 4.78 is 0. The van der Waals surface area contributed by atoms with Gasteiger partial charge in [0, 0.05) is 11.6 Å². The van der Waals surface area contributed by atoms with E-state index in [0.29, 0.717) is 6.54 Å². The van der Waals surface area contributed by atoms with Crippen LogP contribution >= 0.6 is 11.6 Å². The van der Waals surface area contributed by atoms with Gasteiger partial charge in [0.2, 0.25) is 0 Å². The zero-order valence-electron chi connectivity index (χ0n) is 7.97. The van der Waals surface area contributed by atoms with Crippen molar-refractivity contribution in [2.45, 2.75) is 13.8 Å². The molecule has 13 heavy (non-hydrogen) atoms. The molecule has 0 spiro atoms. The average molecular weight is 196 g/mol. The van der Waals surface area contributed by atoms with E-state index in [-0.39, 0.29) is 0 Å². The van der Waals surface area contributed by atoms with Crippen LogP contribution < -0.4 is 5.73 Å². The summed E-state index contributed by atoms with van der Waals surface area (Å²) in [5.41, 5.74) is 8.99. The Morgan fingerprint density at radius 2 is 1.85 bits per heavy atom. The maximum Gasteiger partial charge on any atom is 0.0411 e. The first-order valence-electron chi connectivity index (χ1n) is 4.28. The van der Waals surface area contributed by atoms with Crippen molar-refractivity contribution >= 4 is 17.7 Å². The summed E-state index contributed by atoms with van der Waals surface area (Å²) in [5.74, 6) is 0. The van der Waals surface area contributed by atoms with Crippen LogP contribution in [0.2, 0.25) is 5.02 Å². The fraction of sp³-hybridized carbons (Fsp3) is 0.273. The molecule has 0 aromatic heterocycles. The molecule has 1 nitrogen and oxygen atoms in total. The highest BCUT2D eigenvalue weighted by atomic mass is 35.5. The monoisotopic (exact) mass is 195 g/mol. The molecule has 0 saturated heterocycles. The predicted octanol–water partition coefficient (Wildman–Crippen LogP) is 2.93. The van der Waals surface area contributed by atoms with E-state index in [4.69, 9.17) is 17.3 Å². The second kappa shape index (κ2) is 4.45. The highest BCUT2D eigenvalue weighted by molar-refractivity contribution is 6.30. The first kappa shape index (κ1) is 10.3. The van der Waals surface area contributed by atoms with E-state index in [1.165, 1.54) is 16.7 Å². The third-order valence-corrected chi connectivity index (χ3v) is 2.20. The summed E-state index contributed by atoms with van der Waals surface area (Å²) >= 11 is 5.91. The van der Waals surface area contributed by atoms with Gasteiger partial charge in [-0.15, -0.1) is 0 Å². The molecular weight excluding hydrogens is 182 g/mol. The number of hydrogen-bond acceptors (Lipinski definition) is 1. The van der Waals surface area contributed by atoms with Crippen LogP contribution in [0.5, 0.6) is 0 Å². The van der Waals surface area contributed by atoms with Crippen molar-refractivity contribution in [3.05, 3.63) is 39.9 Å². The van der Waals surface area contributed by atoms with Crippen LogP contribution in [-0.4, -0.2) is 6.54 Å². The van der Waals surface area contributed by atoms with Crippen molar-refractivity contribution < 1.29 is 0 Å². The lowest BCUT2D eigenvalue weighted by molar-refractivity contribution is 1.26. The van der Waals surface area contributed by atoms with Gasteiger partial charge in [-0.25, -0.2) is 0 Å². The topological polar surface area (TPSA) is 26.0 Å². The molecule has 0 unspecified atom stereocenters. The Balaban J connectivity index is 3.13. The number of halogens is 1. The lowest BCUT2D eigenvalue weighted by atomic mass is 10.0. The van der Waals surface area contributed by atoms with Gasteiger partial charge >= 0.3 is 0 Å². The predicted molar refractivity (Wildman–Crippen MR) is 59.0 cm³/mol. The Morgan fingerprint density at radius 3 is 2.31 bits per heavy atom. The van der Waals surface area contributed by atoms with E-state index >= 15 is 0 Å². The fourth-order valence-corrected chi connectivity index (χ4v) is 1.70. The number of benzene rings is 1. The molecule has 0 atom stereocenters. The van der Waals surface area contributed by atoms with E-state index in [1.54, 1.807) is 0 Å². The smallest absolute Gasteiger partial charge is 0.0411 e. The Labute approximate surface area is 84.2 Å². The van der Waals surface area contributed by atoms with Gasteiger partial charge in [-0.3, -0.25) is 0 Å². The van der Waals surface area contributed by atoms with E-state index in [9.17, 15) is 0 Å². The molecule has 0 saturated carbocycles. The molecule has 0 aliphatic rings. The van der Waals surface area contributed by atoms with Crippen molar-refractivity contribution in [2.24, 2.45) is 5.73 Å². The van der Waals surface area contributed by atoms with Gasteiger partial charge in [-0.2, -0.15) is 0 Å². The first-order chi connectivity index (χ1) is 6.15. The Kier molecular flexibility index (Phi) is 3.52. The number of rotatable bonds is 2. The van der Waals surface area contributed by atoms with Crippen LogP contribution in [0.25, 0.3) is 6.08 Å². The Bertz CT molecular complexity index is 306. The first-order valence-corrected chi connectivity index (χ1v) is 4.66. The maximum atomic E-state index is 5.91. The van der Waals surface area contributed by atoms with Gasteiger partial charge in [0.15, 0.2) is 0 Å². The van der Waals surface area contributed by atoms with Crippen molar-refractivity contribution in [2.75, 3.05) is 6.54 Å². The molecular formula is C11H14ClN. The molecule has 2 heteroatoms. The van der Waals surface area contributed by atoms with Crippen molar-refractivity contribution in [3.63, 3.8) is 0 Å². The second-order valence-electron chi connectivity index (χ2n) is 3.09. The van der Waals surface area contributed by atoms with Crippen LogP contribution in [0.4, 0.5) is 0 Å². The molecule has 1 aromatic carbocycles. The standard InChI is InChI=1S/C11H14ClN/c1-8-6-10(12)7-9(2)11(8)4-3-5-13/h3-4,6-7H,5,13H2,1-2H3. The molecule has 0 bridgehead atoms. The van der Waals surface area contributed by atoms with Gasteiger partial charge in [0.25, 0.3) is 0 Å². The van der Waals surface area contributed by atoms with Gasteiger partial charge in [0.1, 0.15) is 0 Å². The van der Waals surface area contributed by atoms with E-state index < -0.39 is 0 Å². The molecule has 0 fully saturated rings. The summed E-state index contributed by atoms with van der Waals surface area (Å²) in [6.07, 6.45) is 3.99. The summed E-state index contributed by atoms with van der Waals surface area (Å²) in [7, 11) is 0. The molecule has 0 amide bonds. The summed E-state index contributed by atoms with van der Waals surface area (Å²) in [5, 5.41) is 0.792. The van der Waals surface area contributed by atoms with Gasteiger partial charge in [-0.1, -0.05) is 23.8 Å². The Morgan fingerprint density at radius 1 is 1.31 bits per heavy atom. The average Bonchev–Trinajstić information content (AvgIpc) is 2.02. The normalized spacial score (nSPS) is 11.1. The number of nitrogens with two attached hydrogens (primary N) is 1. The lowest BCUT2D eigenvalue weighted by Gasteiger charge is -2.05. The number of aryl methyl sites for hydroxylation is 2. The largest absolute Gasteiger partial charge is 0.327 e. The molecule has 2 N–H and O–H groups in total. The van der Waals surface area contributed by atoms with Crippen LogP contribution in [-0.2, 0) is 0 Å². The second-order valence-corrected chi connectivity index (χ2v) is 3.53. The highest BCUT2D eigenvalue weighted by Gasteiger charge is 2.00. The lowest BCUT2D eigenvalue weighted by Crippen LogP contribution is -1.93. The molecule has 0 aliphatic carbocycles. The zero-order chi connectivity index (χ0) is 9.84. The summed E-state index contributed by atoms with van der Waals surface area (Å²) in [6.45, 7) is 4.67. The fourth-order valence-electron chi connectivity index (χ4n) is 1.37. The molecule has 0 aliphatic heterocycles. The molecule has 1 aromatic rings. The van der Waals surface area contributed by atoms with Crippen molar-refractivity contribution in [1.82, 2.24) is 0 Å². The zero-order valence-corrected chi connectivity index (χ0v) is 8.73. The van der Waals surface area contributed by atoms with E-state index in [2.05, 4.69) is 13.8 Å². The third kappa shape index (κ3) is 2.58. The van der Waals surface area contributed by atoms with Crippen LogP contribution in [0.3, 0.4) is 0 Å². The Hall–Kier alpha value is -0.790. The van der Waals surface area contributed by atoms with Gasteiger partial charge < -0.3 is 5.73 Å². The van der Waals surface area contributed by atoms with Crippen LogP contribution in [0, 0.1) is 13.8 Å². The molecule has 70 valence electrons. The minimum absolute atomic E-state index is 0.571. The van der Waals surface area contributed by atoms with E-state index in [0.717, 1.165) is 5.02 Å². The maximum absolute atomic E-state index is 5.91. The van der Waals surface area contributed by atoms with Crippen molar-refractivity contribution in [1.29, 1.82) is 0 Å². The molecule has 0 radical (unpaired) electrons. The van der Waals surface area contributed by atoms with Gasteiger partial charge in [-0.05, 0) is 42.7 Å². The van der Waals surface area contributed by atoms with E-state index in [1.807, 2.05) is 24.3 Å². The number of hydrogen-bond donors (Lipinski definition) is 1. The minimum atomic E-state index is 0.571. The highest BCUT2D eigenvalue weighted by Crippen LogP contribution is 2.20. The van der Waals surface area contributed by atoms with Crippen LogP contribution in [0.15, 0.2) is 18.2 Å². The SMILES string of the molecule is Cc1cc(Cl)cc(C)c1C=CCN. The molecule has 1 rings (SSSR count). The molecule has 0 heterocycles. The summed E-state index contributed by atoms with van der Waals surface area (Å²) in [6, 6.07) is 3.93. The third-order valence-electron chi connectivity index (χ3n) is 1.98. The van der Waals surface area contributed by atoms with Crippen molar-refractivity contribution in [3.8, 4) is 0 Å². The van der Waals surface area contributed by atoms with Gasteiger partial charge in [0.05, 0.1) is 0 Å². The minimum Gasteiger partial charge on any atom is -0.327 e. The quantitative estimate of drug-likeness (QED) is 0.772.